The van der Waals surface area contributed by atoms with Crippen molar-refractivity contribution in [2.75, 3.05) is 14.2 Å². The van der Waals surface area contributed by atoms with Crippen molar-refractivity contribution in [3.63, 3.8) is 0 Å². The zero-order valence-electron chi connectivity index (χ0n) is 9.10. The Balaban J connectivity index is 2.13. The number of hydrogen-bond donors (Lipinski definition) is 0. The molecule has 3 rings (SSSR count). The Morgan fingerprint density at radius 3 is 2.81 bits per heavy atom. The Hall–Kier alpha value is -1.84. The van der Waals surface area contributed by atoms with E-state index in [2.05, 4.69) is 0 Å². The van der Waals surface area contributed by atoms with Gasteiger partial charge in [0.1, 0.15) is 17.2 Å². The zero-order valence-corrected chi connectivity index (χ0v) is 9.10. The van der Waals surface area contributed by atoms with E-state index in [-0.39, 0.29) is 12.2 Å². The summed E-state index contributed by atoms with van der Waals surface area (Å²) < 4.78 is 21.5. The van der Waals surface area contributed by atoms with Crippen molar-refractivity contribution in [2.24, 2.45) is 0 Å². The van der Waals surface area contributed by atoms with E-state index in [0.717, 1.165) is 22.8 Å². The first-order chi connectivity index (χ1) is 7.83. The summed E-state index contributed by atoms with van der Waals surface area (Å²) >= 11 is 0. The lowest BCUT2D eigenvalue weighted by Gasteiger charge is -2.09. The van der Waals surface area contributed by atoms with Crippen LogP contribution in [0.3, 0.4) is 0 Å². The Morgan fingerprint density at radius 1 is 1.19 bits per heavy atom. The van der Waals surface area contributed by atoms with Crippen molar-refractivity contribution >= 4 is 0 Å². The molecule has 0 aromatic heterocycles. The molecule has 1 aromatic rings. The van der Waals surface area contributed by atoms with Crippen LogP contribution in [0, 0.1) is 0 Å². The summed E-state index contributed by atoms with van der Waals surface area (Å²) in [5.74, 6) is 2.39. The van der Waals surface area contributed by atoms with E-state index >= 15 is 0 Å². The van der Waals surface area contributed by atoms with Crippen LogP contribution in [0.5, 0.6) is 17.2 Å². The van der Waals surface area contributed by atoms with Crippen molar-refractivity contribution in [1.82, 2.24) is 0 Å². The summed E-state index contributed by atoms with van der Waals surface area (Å²) in [5, 5.41) is 0. The van der Waals surface area contributed by atoms with Gasteiger partial charge in [-0.05, 0) is 6.08 Å². The highest BCUT2D eigenvalue weighted by Gasteiger charge is 2.39. The van der Waals surface area contributed by atoms with Gasteiger partial charge in [-0.3, -0.25) is 0 Å². The smallest absolute Gasteiger partial charge is 0.250 e. The average molecular weight is 220 g/mol. The molecule has 0 aliphatic carbocycles. The van der Waals surface area contributed by atoms with Crippen LogP contribution in [-0.2, 0) is 4.74 Å². The average Bonchev–Trinajstić information content (AvgIpc) is 2.86. The Bertz CT molecular complexity index is 453. The van der Waals surface area contributed by atoms with E-state index in [9.17, 15) is 0 Å². The summed E-state index contributed by atoms with van der Waals surface area (Å²) in [6, 6.07) is 3.71. The minimum absolute atomic E-state index is 0.121. The molecule has 1 aromatic carbocycles. The fourth-order valence-electron chi connectivity index (χ4n) is 2.13. The predicted octanol–water partition coefficient (Wildman–Crippen LogP) is 2.05. The van der Waals surface area contributed by atoms with E-state index < -0.39 is 0 Å². The Morgan fingerprint density at radius 2 is 2.06 bits per heavy atom. The molecule has 2 aliphatic rings. The fraction of sp³-hybridized carbons (Fsp3) is 0.333. The maximum atomic E-state index is 5.67. The molecule has 4 heteroatoms. The SMILES string of the molecule is COc1cc(OC)c2c(c1)O[C@@H]1OC=C[C@@H]21. The summed E-state index contributed by atoms with van der Waals surface area (Å²) in [6.45, 7) is 0. The molecular weight excluding hydrogens is 208 g/mol. The van der Waals surface area contributed by atoms with E-state index in [1.807, 2.05) is 18.2 Å². The normalized spacial score (nSPS) is 24.4. The minimum Gasteiger partial charge on any atom is -0.496 e. The monoisotopic (exact) mass is 220 g/mol. The van der Waals surface area contributed by atoms with Gasteiger partial charge < -0.3 is 18.9 Å². The lowest BCUT2D eigenvalue weighted by molar-refractivity contribution is -0.00490. The van der Waals surface area contributed by atoms with E-state index in [1.165, 1.54) is 0 Å². The third kappa shape index (κ3) is 1.16. The molecule has 0 saturated heterocycles. The third-order valence-corrected chi connectivity index (χ3v) is 2.90. The molecule has 2 heterocycles. The van der Waals surface area contributed by atoms with Gasteiger partial charge in [-0.1, -0.05) is 0 Å². The van der Waals surface area contributed by atoms with Gasteiger partial charge in [0.05, 0.1) is 32.0 Å². The lowest BCUT2D eigenvalue weighted by Crippen LogP contribution is -2.14. The van der Waals surface area contributed by atoms with E-state index in [4.69, 9.17) is 18.9 Å². The van der Waals surface area contributed by atoms with Gasteiger partial charge in [0, 0.05) is 12.1 Å². The summed E-state index contributed by atoms with van der Waals surface area (Å²) in [6.07, 6.45) is 3.39. The first-order valence-electron chi connectivity index (χ1n) is 5.08. The van der Waals surface area contributed by atoms with Gasteiger partial charge >= 0.3 is 0 Å². The molecule has 0 fully saturated rings. The van der Waals surface area contributed by atoms with Crippen LogP contribution < -0.4 is 14.2 Å². The van der Waals surface area contributed by atoms with Crippen molar-refractivity contribution in [2.45, 2.75) is 12.2 Å². The second kappa shape index (κ2) is 3.33. The summed E-state index contributed by atoms with van der Waals surface area (Å²) in [5.41, 5.74) is 1.03. The maximum absolute atomic E-state index is 5.67. The maximum Gasteiger partial charge on any atom is 0.250 e. The van der Waals surface area contributed by atoms with Crippen LogP contribution >= 0.6 is 0 Å². The van der Waals surface area contributed by atoms with E-state index in [1.54, 1.807) is 20.5 Å². The Kier molecular flexibility index (Phi) is 1.96. The number of rotatable bonds is 2. The summed E-state index contributed by atoms with van der Waals surface area (Å²) in [7, 11) is 3.26. The first-order valence-corrected chi connectivity index (χ1v) is 5.08. The molecule has 16 heavy (non-hydrogen) atoms. The quantitative estimate of drug-likeness (QED) is 0.764. The predicted molar refractivity (Wildman–Crippen MR) is 56.9 cm³/mol. The van der Waals surface area contributed by atoms with Crippen LogP contribution in [0.15, 0.2) is 24.5 Å². The highest BCUT2D eigenvalue weighted by atomic mass is 16.7. The van der Waals surface area contributed by atoms with Crippen LogP contribution in [0.25, 0.3) is 0 Å². The number of ether oxygens (including phenoxy) is 4. The molecule has 0 unspecified atom stereocenters. The minimum atomic E-state index is -0.254. The standard InChI is InChI=1S/C12H12O4/c1-13-7-5-9(14-2)11-8-3-4-15-12(8)16-10(11)6-7/h3-6,8,12H,1-2H3/t8-,12-/m0/s1. The van der Waals surface area contributed by atoms with Crippen LogP contribution in [-0.4, -0.2) is 20.5 Å². The van der Waals surface area contributed by atoms with Gasteiger partial charge in [0.2, 0.25) is 0 Å². The molecule has 4 nitrogen and oxygen atoms in total. The van der Waals surface area contributed by atoms with Gasteiger partial charge in [0.25, 0.3) is 6.29 Å². The topological polar surface area (TPSA) is 36.9 Å². The third-order valence-electron chi connectivity index (χ3n) is 2.90. The summed E-state index contributed by atoms with van der Waals surface area (Å²) in [4.78, 5) is 0. The van der Waals surface area contributed by atoms with Gasteiger partial charge in [-0.15, -0.1) is 0 Å². The zero-order chi connectivity index (χ0) is 11.1. The molecule has 0 saturated carbocycles. The van der Waals surface area contributed by atoms with Crippen molar-refractivity contribution < 1.29 is 18.9 Å². The second-order valence-corrected chi connectivity index (χ2v) is 3.72. The van der Waals surface area contributed by atoms with Crippen molar-refractivity contribution in [3.8, 4) is 17.2 Å². The molecule has 0 spiro atoms. The van der Waals surface area contributed by atoms with Crippen LogP contribution in [0.2, 0.25) is 0 Å². The lowest BCUT2D eigenvalue weighted by atomic mass is 10.00. The number of hydrogen-bond acceptors (Lipinski definition) is 4. The number of fused-ring (bicyclic) bond motifs is 3. The van der Waals surface area contributed by atoms with Crippen LogP contribution in [0.1, 0.15) is 11.5 Å². The van der Waals surface area contributed by atoms with Gasteiger partial charge in [0.15, 0.2) is 0 Å². The molecule has 2 atom stereocenters. The molecule has 0 N–H and O–H groups in total. The van der Waals surface area contributed by atoms with Crippen molar-refractivity contribution in [1.29, 1.82) is 0 Å². The first kappa shape index (κ1) is 9.39. The molecular formula is C12H12O4. The molecule has 2 aliphatic heterocycles. The molecule has 84 valence electrons. The van der Waals surface area contributed by atoms with Gasteiger partial charge in [-0.2, -0.15) is 0 Å². The van der Waals surface area contributed by atoms with Gasteiger partial charge in [-0.25, -0.2) is 0 Å². The highest BCUT2D eigenvalue weighted by molar-refractivity contribution is 5.56. The molecule has 0 radical (unpaired) electrons. The fourth-order valence-corrected chi connectivity index (χ4v) is 2.13. The molecule has 0 bridgehead atoms. The van der Waals surface area contributed by atoms with E-state index in [0.29, 0.717) is 0 Å². The second-order valence-electron chi connectivity index (χ2n) is 3.72. The Labute approximate surface area is 93.4 Å². The largest absolute Gasteiger partial charge is 0.496 e. The number of methoxy groups -OCH3 is 2. The van der Waals surface area contributed by atoms with Crippen LogP contribution in [0.4, 0.5) is 0 Å². The number of benzene rings is 1. The van der Waals surface area contributed by atoms with Crippen molar-refractivity contribution in [3.05, 3.63) is 30.0 Å². The highest BCUT2D eigenvalue weighted by Crippen LogP contribution is 2.48. The molecule has 0 amide bonds.